The van der Waals surface area contributed by atoms with Crippen molar-refractivity contribution < 1.29 is 8.42 Å². The number of thiophene rings is 1. The van der Waals surface area contributed by atoms with Crippen LogP contribution >= 0.6 is 23.1 Å². The molecule has 5 nitrogen and oxygen atoms in total. The van der Waals surface area contributed by atoms with Crippen LogP contribution in [0.15, 0.2) is 62.5 Å². The van der Waals surface area contributed by atoms with Crippen molar-refractivity contribution in [2.45, 2.75) is 20.9 Å². The Morgan fingerprint density at radius 3 is 2.37 bits per heavy atom. The van der Waals surface area contributed by atoms with Crippen LogP contribution in [0.4, 0.5) is 5.69 Å². The van der Waals surface area contributed by atoms with Gasteiger partial charge in [-0.25, -0.2) is 8.42 Å². The van der Waals surface area contributed by atoms with E-state index in [4.69, 9.17) is 16.9 Å². The summed E-state index contributed by atoms with van der Waals surface area (Å²) in [7, 11) is -3.75. The molecule has 3 aromatic rings. The summed E-state index contributed by atoms with van der Waals surface area (Å²) in [6.45, 7) is 1.80. The minimum Gasteiger partial charge on any atom is -0.399 e. The highest BCUT2D eigenvalue weighted by molar-refractivity contribution is 8.01. The van der Waals surface area contributed by atoms with Crippen molar-refractivity contribution in [3.63, 3.8) is 0 Å². The second-order valence-electron chi connectivity index (χ2n) is 5.93. The first-order chi connectivity index (χ1) is 12.8. The number of hydrogen-bond acceptors (Lipinski definition) is 6. The van der Waals surface area contributed by atoms with Crippen LogP contribution in [-0.2, 0) is 9.84 Å². The molecule has 1 aromatic heterocycles. The molecule has 0 saturated heterocycles. The van der Waals surface area contributed by atoms with Gasteiger partial charge in [-0.3, -0.25) is 5.41 Å². The van der Waals surface area contributed by atoms with Gasteiger partial charge in [-0.15, -0.1) is 23.1 Å². The lowest BCUT2D eigenvalue weighted by Gasteiger charge is -2.13. The quantitative estimate of drug-likeness (QED) is 0.250. The smallest absolute Gasteiger partial charge is 0.208 e. The number of hydrogen-bond donors (Lipinski definition) is 3. The number of nitrogen functional groups attached to an aromatic ring is 2. The van der Waals surface area contributed by atoms with Gasteiger partial charge in [0, 0.05) is 5.69 Å². The molecule has 0 fully saturated rings. The molecular formula is C19H19N3O2S3. The number of anilines is 1. The molecule has 0 bridgehead atoms. The highest BCUT2D eigenvalue weighted by Gasteiger charge is 2.27. The molecule has 0 aliphatic rings. The molecule has 0 spiro atoms. The number of sulfone groups is 1. The van der Waals surface area contributed by atoms with Crippen LogP contribution in [0.3, 0.4) is 0 Å². The Hall–Kier alpha value is -2.29. The molecule has 0 radical (unpaired) electrons. The maximum Gasteiger partial charge on any atom is 0.208 e. The minimum atomic E-state index is -3.75. The van der Waals surface area contributed by atoms with E-state index in [0.29, 0.717) is 20.3 Å². The lowest BCUT2D eigenvalue weighted by atomic mass is 10.0. The van der Waals surface area contributed by atoms with Gasteiger partial charge in [0.1, 0.15) is 5.84 Å². The molecule has 0 amide bonds. The highest BCUT2D eigenvalue weighted by atomic mass is 32.2. The predicted molar refractivity (Wildman–Crippen MR) is 114 cm³/mol. The molecule has 140 valence electrons. The fourth-order valence-electron chi connectivity index (χ4n) is 2.82. The summed E-state index contributed by atoms with van der Waals surface area (Å²) in [5.74, 6) is -0.135. The van der Waals surface area contributed by atoms with Crippen LogP contribution in [0.5, 0.6) is 0 Å². The lowest BCUT2D eigenvalue weighted by molar-refractivity contribution is 0.594. The van der Waals surface area contributed by atoms with Gasteiger partial charge in [-0.05, 0) is 54.1 Å². The first kappa shape index (κ1) is 19.5. The molecule has 0 saturated carbocycles. The molecule has 0 aliphatic carbocycles. The van der Waals surface area contributed by atoms with Crippen LogP contribution in [-0.4, -0.2) is 20.5 Å². The summed E-state index contributed by atoms with van der Waals surface area (Å²) >= 11 is 2.55. The third-order valence-corrected chi connectivity index (χ3v) is 8.69. The van der Waals surface area contributed by atoms with Gasteiger partial charge >= 0.3 is 0 Å². The van der Waals surface area contributed by atoms with E-state index in [9.17, 15) is 8.42 Å². The third kappa shape index (κ3) is 3.60. The normalized spacial score (nSPS) is 11.5. The molecule has 27 heavy (non-hydrogen) atoms. The highest BCUT2D eigenvalue weighted by Crippen LogP contribution is 2.39. The third-order valence-electron chi connectivity index (χ3n) is 4.20. The molecule has 0 unspecified atom stereocenters. The lowest BCUT2D eigenvalue weighted by Crippen LogP contribution is -2.09. The summed E-state index contributed by atoms with van der Waals surface area (Å²) < 4.78 is 27.4. The van der Waals surface area contributed by atoms with E-state index in [1.807, 2.05) is 24.5 Å². The standard InChI is InChI=1S/C19H19N3O2S3/c1-11-14(12-6-8-13(20)9-7-12)4-3-5-16(11)27(23,24)17-10-15(18(21)22)26-19(17)25-2/h3-10H,20H2,1-2H3,(H3,21,22). The summed E-state index contributed by atoms with van der Waals surface area (Å²) in [5, 5.41) is 7.61. The predicted octanol–water partition coefficient (Wildman–Crippen LogP) is 4.14. The van der Waals surface area contributed by atoms with Gasteiger partial charge < -0.3 is 11.5 Å². The van der Waals surface area contributed by atoms with E-state index in [0.717, 1.165) is 11.1 Å². The second kappa shape index (κ2) is 7.38. The zero-order chi connectivity index (χ0) is 19.8. The first-order valence-electron chi connectivity index (χ1n) is 7.98. The average molecular weight is 418 g/mol. The topological polar surface area (TPSA) is 110 Å². The Labute approximate surface area is 166 Å². The van der Waals surface area contributed by atoms with Crippen molar-refractivity contribution in [1.82, 2.24) is 0 Å². The summed E-state index contributed by atoms with van der Waals surface area (Å²) in [4.78, 5) is 0.896. The second-order valence-corrected chi connectivity index (χ2v) is 9.95. The van der Waals surface area contributed by atoms with Crippen LogP contribution in [0.1, 0.15) is 10.4 Å². The van der Waals surface area contributed by atoms with Crippen LogP contribution in [0.25, 0.3) is 11.1 Å². The Morgan fingerprint density at radius 1 is 1.11 bits per heavy atom. The van der Waals surface area contributed by atoms with Gasteiger partial charge in [0.15, 0.2) is 0 Å². The van der Waals surface area contributed by atoms with E-state index in [-0.39, 0.29) is 15.6 Å². The van der Waals surface area contributed by atoms with Crippen molar-refractivity contribution >= 4 is 44.5 Å². The molecular weight excluding hydrogens is 398 g/mol. The fourth-order valence-corrected chi connectivity index (χ4v) is 6.94. The van der Waals surface area contributed by atoms with E-state index in [2.05, 4.69) is 0 Å². The summed E-state index contributed by atoms with van der Waals surface area (Å²) in [5.41, 5.74) is 14.4. The molecule has 0 atom stereocenters. The van der Waals surface area contributed by atoms with Gasteiger partial charge in [0.2, 0.25) is 9.84 Å². The number of amidine groups is 1. The van der Waals surface area contributed by atoms with E-state index >= 15 is 0 Å². The maximum absolute atomic E-state index is 13.4. The largest absolute Gasteiger partial charge is 0.399 e. The Balaban J connectivity index is 2.18. The molecule has 8 heteroatoms. The van der Waals surface area contributed by atoms with Crippen LogP contribution in [0.2, 0.25) is 0 Å². The van der Waals surface area contributed by atoms with Gasteiger partial charge in [-0.1, -0.05) is 24.3 Å². The summed E-state index contributed by atoms with van der Waals surface area (Å²) in [6, 6.07) is 14.1. The summed E-state index contributed by atoms with van der Waals surface area (Å²) in [6.07, 6.45) is 1.81. The number of nitrogens with one attached hydrogen (secondary N) is 1. The molecule has 1 heterocycles. The Kier molecular flexibility index (Phi) is 5.32. The minimum absolute atomic E-state index is 0.135. The van der Waals surface area contributed by atoms with Crippen LogP contribution < -0.4 is 11.5 Å². The van der Waals surface area contributed by atoms with Crippen LogP contribution in [0, 0.1) is 12.3 Å². The van der Waals surface area contributed by atoms with Crippen molar-refractivity contribution in [3.05, 3.63) is 59.0 Å². The molecule has 0 aliphatic heterocycles. The van der Waals surface area contributed by atoms with Gasteiger partial charge in [-0.2, -0.15) is 0 Å². The maximum atomic E-state index is 13.4. The van der Waals surface area contributed by atoms with Gasteiger partial charge in [0.25, 0.3) is 0 Å². The van der Waals surface area contributed by atoms with Crippen molar-refractivity contribution in [2.75, 3.05) is 12.0 Å². The number of nitrogens with two attached hydrogens (primary N) is 2. The molecule has 5 N–H and O–H groups in total. The van der Waals surface area contributed by atoms with Gasteiger partial charge in [0.05, 0.1) is 18.9 Å². The Morgan fingerprint density at radius 2 is 1.78 bits per heavy atom. The van der Waals surface area contributed by atoms with E-state index in [1.54, 1.807) is 31.2 Å². The van der Waals surface area contributed by atoms with Crippen molar-refractivity contribution in [1.29, 1.82) is 5.41 Å². The molecule has 3 rings (SSSR count). The SMILES string of the molecule is CSc1sc(C(=N)N)cc1S(=O)(=O)c1cccc(-c2ccc(N)cc2)c1C. The zero-order valence-corrected chi connectivity index (χ0v) is 17.3. The zero-order valence-electron chi connectivity index (χ0n) is 14.8. The Bertz CT molecular complexity index is 1120. The average Bonchev–Trinajstić information content (AvgIpc) is 3.08. The number of rotatable bonds is 5. The molecule has 2 aromatic carbocycles. The number of benzene rings is 2. The first-order valence-corrected chi connectivity index (χ1v) is 11.5. The fraction of sp³-hybridized carbons (Fsp3) is 0.105. The van der Waals surface area contributed by atoms with Crippen molar-refractivity contribution in [2.24, 2.45) is 5.73 Å². The van der Waals surface area contributed by atoms with Crippen molar-refractivity contribution in [3.8, 4) is 11.1 Å². The van der Waals surface area contributed by atoms with E-state index < -0.39 is 9.84 Å². The monoisotopic (exact) mass is 417 g/mol. The van der Waals surface area contributed by atoms with E-state index in [1.165, 1.54) is 29.2 Å². The number of thioether (sulfide) groups is 1.